The molecule has 0 radical (unpaired) electrons. The van der Waals surface area contributed by atoms with Crippen LogP contribution >= 0.6 is 9.39 Å². The van der Waals surface area contributed by atoms with E-state index in [1.165, 1.54) is 12.1 Å². The molecule has 0 amide bonds. The van der Waals surface area contributed by atoms with Crippen molar-refractivity contribution in [3.8, 4) is 16.8 Å². The van der Waals surface area contributed by atoms with Crippen molar-refractivity contribution in [2.45, 2.75) is 0 Å². The maximum atomic E-state index is 11.3. The highest BCUT2D eigenvalue weighted by Gasteiger charge is 2.26. The van der Waals surface area contributed by atoms with E-state index in [1.54, 1.807) is 17.0 Å². The van der Waals surface area contributed by atoms with E-state index >= 15 is 0 Å². The average Bonchev–Trinajstić information content (AvgIpc) is 2.62. The van der Waals surface area contributed by atoms with E-state index in [0.29, 0.717) is 0 Å². The number of aromatic nitrogens is 2. The van der Waals surface area contributed by atoms with Crippen molar-refractivity contribution in [2.75, 3.05) is 0 Å². The number of nitrogens with zero attached hydrogens (tertiary/aromatic N) is 4. The molecule has 0 saturated heterocycles. The maximum Gasteiger partial charge on any atom is 0.347 e. The summed E-state index contributed by atoms with van der Waals surface area (Å²) in [6.45, 7) is 0. The normalized spacial score (nSPS) is 10.4. The third-order valence-electron chi connectivity index (χ3n) is 3.66. The van der Waals surface area contributed by atoms with Crippen LogP contribution in [-0.2, 0) is 0 Å². The van der Waals surface area contributed by atoms with E-state index in [0.717, 1.165) is 17.2 Å². The van der Waals surface area contributed by atoms with Crippen molar-refractivity contribution in [1.29, 1.82) is 0 Å². The van der Waals surface area contributed by atoms with Crippen molar-refractivity contribution < 1.29 is 18.8 Å². The molecule has 0 bridgehead atoms. The Morgan fingerprint density at radius 3 is 1.88 bits per heavy atom. The van der Waals surface area contributed by atoms with Crippen molar-refractivity contribution in [1.82, 2.24) is 0 Å². The lowest BCUT2D eigenvalue weighted by Crippen LogP contribution is -2.30. The molecule has 2 aromatic heterocycles. The molecule has 2 heterocycles. The summed E-state index contributed by atoms with van der Waals surface area (Å²) < 4.78 is 3.40. The first-order valence-electron chi connectivity index (χ1n) is 7.17. The number of rotatable bonds is 4. The van der Waals surface area contributed by atoms with Crippen LogP contribution in [-0.4, -0.2) is 9.85 Å². The van der Waals surface area contributed by atoms with Gasteiger partial charge in [-0.15, -0.1) is 0 Å². The van der Waals surface area contributed by atoms with Gasteiger partial charge in [0.25, 0.3) is 11.4 Å². The van der Waals surface area contributed by atoms with Crippen LogP contribution in [0.2, 0.25) is 0 Å². The van der Waals surface area contributed by atoms with E-state index in [1.807, 2.05) is 41.0 Å². The second-order valence-corrected chi connectivity index (χ2v) is 5.81. The molecular weight excluding hydrogens is 343 g/mol. The minimum Gasteiger partial charge on any atom is -0.258 e. The standard InChI is InChI=1S/C16H13N4O4P/c21-19(22)14-1-2-15(16(11-14)20(23)24)17-7-3-12(4-8-17)13-5-9-18(25)10-6-13/h1-11H,25H2/q+2. The van der Waals surface area contributed by atoms with Gasteiger partial charge in [-0.3, -0.25) is 20.2 Å². The van der Waals surface area contributed by atoms with E-state index in [-0.39, 0.29) is 17.1 Å². The molecule has 0 aliphatic heterocycles. The number of non-ortho nitro benzene ring substituents is 1. The number of benzene rings is 1. The first-order chi connectivity index (χ1) is 12.0. The fourth-order valence-corrected chi connectivity index (χ4v) is 2.57. The zero-order valence-corrected chi connectivity index (χ0v) is 14.0. The van der Waals surface area contributed by atoms with Crippen LogP contribution in [0.3, 0.4) is 0 Å². The van der Waals surface area contributed by atoms with Gasteiger partial charge < -0.3 is 0 Å². The molecule has 0 fully saturated rings. The summed E-state index contributed by atoms with van der Waals surface area (Å²) in [6, 6.07) is 11.1. The molecule has 3 rings (SSSR count). The van der Waals surface area contributed by atoms with Gasteiger partial charge in [0.15, 0.2) is 34.2 Å². The van der Waals surface area contributed by atoms with E-state index in [2.05, 4.69) is 9.39 Å². The third-order valence-corrected chi connectivity index (χ3v) is 4.00. The van der Waals surface area contributed by atoms with Gasteiger partial charge in [-0.2, -0.15) is 8.90 Å². The van der Waals surface area contributed by atoms with Crippen molar-refractivity contribution in [3.05, 3.63) is 87.5 Å². The van der Waals surface area contributed by atoms with Crippen LogP contribution < -0.4 is 8.90 Å². The number of nitro benzene ring substituents is 2. The number of hydrogen-bond donors (Lipinski definition) is 0. The lowest BCUT2D eigenvalue weighted by atomic mass is 10.1. The molecule has 1 atom stereocenters. The molecule has 1 aromatic carbocycles. The lowest BCUT2D eigenvalue weighted by molar-refractivity contribution is -0.600. The third kappa shape index (κ3) is 3.49. The predicted octanol–water partition coefficient (Wildman–Crippen LogP) is 2.37. The van der Waals surface area contributed by atoms with Crippen LogP contribution in [0.4, 0.5) is 11.4 Å². The Labute approximate surface area is 144 Å². The summed E-state index contributed by atoms with van der Waals surface area (Å²) in [5.41, 5.74) is 1.58. The van der Waals surface area contributed by atoms with Gasteiger partial charge >= 0.3 is 5.69 Å². The summed E-state index contributed by atoms with van der Waals surface area (Å²) in [4.78, 5) is 20.8. The largest absolute Gasteiger partial charge is 0.347 e. The fourth-order valence-electron chi connectivity index (χ4n) is 2.40. The zero-order valence-electron chi connectivity index (χ0n) is 12.9. The van der Waals surface area contributed by atoms with Crippen LogP contribution in [0.5, 0.6) is 0 Å². The van der Waals surface area contributed by atoms with Crippen LogP contribution in [0.1, 0.15) is 0 Å². The molecule has 0 aliphatic rings. The molecule has 9 heteroatoms. The summed E-state index contributed by atoms with van der Waals surface area (Å²) >= 11 is 0. The van der Waals surface area contributed by atoms with Crippen LogP contribution in [0.15, 0.2) is 67.3 Å². The van der Waals surface area contributed by atoms with Gasteiger partial charge in [0.05, 0.1) is 9.85 Å². The van der Waals surface area contributed by atoms with Crippen LogP contribution in [0.25, 0.3) is 16.8 Å². The summed E-state index contributed by atoms with van der Waals surface area (Å²) in [5, 5.41) is 22.1. The minimum absolute atomic E-state index is 0.262. The molecule has 0 N–H and O–H groups in total. The van der Waals surface area contributed by atoms with Gasteiger partial charge in [-0.05, 0) is 11.1 Å². The van der Waals surface area contributed by atoms with Gasteiger partial charge in [0.2, 0.25) is 0 Å². The molecule has 0 spiro atoms. The van der Waals surface area contributed by atoms with Gasteiger partial charge in [-0.1, -0.05) is 0 Å². The molecule has 0 aliphatic carbocycles. The Morgan fingerprint density at radius 1 is 0.800 bits per heavy atom. The van der Waals surface area contributed by atoms with Crippen LogP contribution in [0, 0.1) is 20.2 Å². The summed E-state index contributed by atoms with van der Waals surface area (Å²) in [7, 11) is 2.54. The Morgan fingerprint density at radius 2 is 1.36 bits per heavy atom. The highest BCUT2D eigenvalue weighted by Crippen LogP contribution is 2.25. The van der Waals surface area contributed by atoms with E-state index < -0.39 is 9.85 Å². The van der Waals surface area contributed by atoms with E-state index in [9.17, 15) is 20.2 Å². The van der Waals surface area contributed by atoms with Crippen molar-refractivity contribution >= 4 is 20.8 Å². The second-order valence-electron chi connectivity index (χ2n) is 5.22. The maximum absolute atomic E-state index is 11.3. The topological polar surface area (TPSA) is 94.0 Å². The van der Waals surface area contributed by atoms with Crippen molar-refractivity contribution in [3.63, 3.8) is 0 Å². The van der Waals surface area contributed by atoms with E-state index in [4.69, 9.17) is 0 Å². The highest BCUT2D eigenvalue weighted by molar-refractivity contribution is 7.07. The zero-order chi connectivity index (χ0) is 18.0. The second kappa shape index (κ2) is 6.70. The fraction of sp³-hybridized carbons (Fsp3) is 0. The lowest BCUT2D eigenvalue weighted by Gasteiger charge is -2.01. The van der Waals surface area contributed by atoms with Gasteiger partial charge in [-0.25, -0.2) is 0 Å². The smallest absolute Gasteiger partial charge is 0.258 e. The molecule has 0 saturated carbocycles. The first-order valence-corrected chi connectivity index (χ1v) is 7.68. The monoisotopic (exact) mass is 356 g/mol. The number of nitro groups is 2. The minimum atomic E-state index is -0.655. The number of hydrogen-bond acceptors (Lipinski definition) is 4. The summed E-state index contributed by atoms with van der Waals surface area (Å²) in [5.74, 6) is 0. The Balaban J connectivity index is 2.01. The predicted molar refractivity (Wildman–Crippen MR) is 92.0 cm³/mol. The Kier molecular flexibility index (Phi) is 4.45. The Hall–Kier alpha value is -3.25. The number of pyridine rings is 2. The van der Waals surface area contributed by atoms with Gasteiger partial charge in [0.1, 0.15) is 6.07 Å². The molecule has 3 aromatic rings. The van der Waals surface area contributed by atoms with Crippen molar-refractivity contribution in [2.24, 2.45) is 0 Å². The summed E-state index contributed by atoms with van der Waals surface area (Å²) in [6.07, 6.45) is 7.15. The average molecular weight is 356 g/mol. The highest BCUT2D eigenvalue weighted by atomic mass is 31.0. The molecule has 25 heavy (non-hydrogen) atoms. The van der Waals surface area contributed by atoms with Gasteiger partial charge in [0, 0.05) is 36.4 Å². The molecule has 124 valence electrons. The molecule has 8 nitrogen and oxygen atoms in total. The first kappa shape index (κ1) is 16.6. The molecule has 1 unspecified atom stereocenters. The quantitative estimate of drug-likeness (QED) is 0.310. The molecular formula is C16H13N4O4P+2. The Bertz CT molecular complexity index is 959. The SMILES string of the molecule is O=[N+]([O-])c1ccc(-[n+]2ccc(-c3cc[n+](P)cc3)cc2)c([N+](=O)[O-])c1.